The number of ether oxygens (including phenoxy) is 4. The first-order valence-corrected chi connectivity index (χ1v) is 10.5. The van der Waals surface area contributed by atoms with Crippen molar-refractivity contribution in [2.75, 3.05) is 31.8 Å². The normalized spacial score (nSPS) is 22.7. The second kappa shape index (κ2) is 7.50. The average molecular weight is 413 g/mol. The maximum absolute atomic E-state index is 13.1. The fourth-order valence-corrected chi connectivity index (χ4v) is 4.74. The first-order chi connectivity index (χ1) is 14.6. The van der Waals surface area contributed by atoms with Crippen LogP contribution < -0.4 is 24.7 Å². The Morgan fingerprint density at radius 3 is 2.87 bits per heavy atom. The van der Waals surface area contributed by atoms with Gasteiger partial charge in [-0.3, -0.25) is 4.79 Å². The molecule has 30 heavy (non-hydrogen) atoms. The fraction of sp³-hybridized carbons (Fsp3) is 0.545. The fourth-order valence-electron chi connectivity index (χ4n) is 4.74. The molecule has 160 valence electrons. The number of hydrogen-bond donors (Lipinski definition) is 0. The highest BCUT2D eigenvalue weighted by atomic mass is 16.6. The van der Waals surface area contributed by atoms with Crippen molar-refractivity contribution in [2.24, 2.45) is 0 Å². The smallest absolute Gasteiger partial charge is 0.313 e. The van der Waals surface area contributed by atoms with Crippen LogP contribution in [0.4, 0.5) is 5.69 Å². The molecule has 4 heterocycles. The molecule has 0 saturated carbocycles. The lowest BCUT2D eigenvalue weighted by Gasteiger charge is -2.36. The topological polar surface area (TPSA) is 75.0 Å². The van der Waals surface area contributed by atoms with Gasteiger partial charge < -0.3 is 23.8 Å². The number of fused-ring (bicyclic) bond motifs is 4. The van der Waals surface area contributed by atoms with E-state index < -0.39 is 0 Å². The van der Waals surface area contributed by atoms with Crippen LogP contribution in [0.3, 0.4) is 0 Å². The van der Waals surface area contributed by atoms with Gasteiger partial charge in [0.2, 0.25) is 12.0 Å². The maximum atomic E-state index is 13.1. The van der Waals surface area contributed by atoms with Gasteiger partial charge in [0.15, 0.2) is 6.23 Å². The molecule has 0 bridgehead atoms. The Morgan fingerprint density at radius 1 is 1.23 bits per heavy atom. The summed E-state index contributed by atoms with van der Waals surface area (Å²) in [7, 11) is 1.69. The zero-order valence-corrected chi connectivity index (χ0v) is 17.6. The minimum atomic E-state index is -0.319. The molecule has 1 saturated heterocycles. The van der Waals surface area contributed by atoms with E-state index in [1.165, 1.54) is 4.68 Å². The van der Waals surface area contributed by atoms with Crippen LogP contribution in [-0.4, -0.2) is 42.9 Å². The number of nitrogens with zero attached hydrogens (tertiary/aromatic N) is 3. The predicted molar refractivity (Wildman–Crippen MR) is 111 cm³/mol. The molecule has 8 heteroatoms. The highest BCUT2D eigenvalue weighted by molar-refractivity contribution is 5.60. The Balaban J connectivity index is 1.49. The van der Waals surface area contributed by atoms with E-state index in [1.807, 2.05) is 13.0 Å². The van der Waals surface area contributed by atoms with Crippen LogP contribution in [0.15, 0.2) is 17.1 Å². The molecule has 5 rings (SSSR count). The number of methoxy groups -OCH3 is 1. The third kappa shape index (κ3) is 3.01. The number of rotatable bonds is 2. The third-order valence-corrected chi connectivity index (χ3v) is 6.26. The molecular weight excluding hydrogens is 386 g/mol. The summed E-state index contributed by atoms with van der Waals surface area (Å²) >= 11 is 0. The summed E-state index contributed by atoms with van der Waals surface area (Å²) in [5.74, 6) is 2.07. The molecule has 1 aromatic carbocycles. The van der Waals surface area contributed by atoms with Crippen molar-refractivity contribution in [1.29, 1.82) is 0 Å². The average Bonchev–Trinajstić information content (AvgIpc) is 2.94. The SMILES string of the molecule is COc1c(C)cc2c(c1C)CCN1c3cnn(C4CCCCO4)c(=O)c3OCC1O2. The van der Waals surface area contributed by atoms with Crippen molar-refractivity contribution < 1.29 is 18.9 Å². The second-order valence-corrected chi connectivity index (χ2v) is 8.09. The zero-order chi connectivity index (χ0) is 20.8. The Bertz CT molecular complexity index is 1030. The summed E-state index contributed by atoms with van der Waals surface area (Å²) in [5, 5.41) is 4.43. The quantitative estimate of drug-likeness (QED) is 0.749. The Morgan fingerprint density at radius 2 is 2.10 bits per heavy atom. The predicted octanol–water partition coefficient (Wildman–Crippen LogP) is 2.73. The van der Waals surface area contributed by atoms with Crippen molar-refractivity contribution in [3.63, 3.8) is 0 Å². The van der Waals surface area contributed by atoms with Crippen LogP contribution in [0.1, 0.15) is 42.2 Å². The lowest BCUT2D eigenvalue weighted by Crippen LogP contribution is -2.48. The van der Waals surface area contributed by atoms with Gasteiger partial charge >= 0.3 is 5.56 Å². The van der Waals surface area contributed by atoms with Crippen molar-refractivity contribution >= 4 is 5.69 Å². The van der Waals surface area contributed by atoms with E-state index in [2.05, 4.69) is 16.9 Å². The van der Waals surface area contributed by atoms with Gasteiger partial charge in [-0.05, 0) is 56.7 Å². The van der Waals surface area contributed by atoms with Crippen LogP contribution in [0.2, 0.25) is 0 Å². The first kappa shape index (κ1) is 19.2. The van der Waals surface area contributed by atoms with E-state index in [-0.39, 0.29) is 24.6 Å². The Labute approximate surface area is 175 Å². The molecular formula is C22H27N3O5. The van der Waals surface area contributed by atoms with Gasteiger partial charge in [0.05, 0.1) is 13.3 Å². The molecule has 0 amide bonds. The van der Waals surface area contributed by atoms with E-state index in [4.69, 9.17) is 18.9 Å². The third-order valence-electron chi connectivity index (χ3n) is 6.26. The van der Waals surface area contributed by atoms with E-state index in [9.17, 15) is 4.79 Å². The van der Waals surface area contributed by atoms with E-state index in [0.717, 1.165) is 53.9 Å². The second-order valence-electron chi connectivity index (χ2n) is 8.09. The van der Waals surface area contributed by atoms with E-state index in [0.29, 0.717) is 24.6 Å². The molecule has 0 aliphatic carbocycles. The molecule has 1 aromatic heterocycles. The number of anilines is 1. The standard InChI is InChI=1S/C22H27N3O5/c1-13-10-17-15(14(2)20(13)27-3)7-8-24-16-11-23-25(18-6-4-5-9-28-18)22(26)21(16)29-12-19(24)30-17/h10-11,18-19H,4-9,12H2,1-3H3. The van der Waals surface area contributed by atoms with Crippen LogP contribution in [0, 0.1) is 13.8 Å². The minimum absolute atomic E-state index is 0.242. The number of benzene rings is 1. The lowest BCUT2D eigenvalue weighted by molar-refractivity contribution is -0.0432. The van der Waals surface area contributed by atoms with Gasteiger partial charge in [0, 0.05) is 18.7 Å². The molecule has 3 aliphatic rings. The highest BCUT2D eigenvalue weighted by Gasteiger charge is 2.35. The van der Waals surface area contributed by atoms with Crippen molar-refractivity contribution in [3.05, 3.63) is 39.3 Å². The van der Waals surface area contributed by atoms with Gasteiger partial charge in [-0.25, -0.2) is 0 Å². The summed E-state index contributed by atoms with van der Waals surface area (Å²) < 4.78 is 25.0. The largest absolute Gasteiger partial charge is 0.496 e. The first-order valence-electron chi connectivity index (χ1n) is 10.5. The lowest BCUT2D eigenvalue weighted by atomic mass is 10.00. The van der Waals surface area contributed by atoms with Gasteiger partial charge in [-0.2, -0.15) is 9.78 Å². The van der Waals surface area contributed by atoms with Crippen molar-refractivity contribution in [2.45, 2.75) is 52.0 Å². The molecule has 0 N–H and O–H groups in total. The van der Waals surface area contributed by atoms with Crippen LogP contribution >= 0.6 is 0 Å². The molecule has 0 spiro atoms. The van der Waals surface area contributed by atoms with E-state index >= 15 is 0 Å². The maximum Gasteiger partial charge on any atom is 0.313 e. The molecule has 8 nitrogen and oxygen atoms in total. The molecule has 0 radical (unpaired) electrons. The number of aromatic nitrogens is 2. The van der Waals surface area contributed by atoms with Crippen LogP contribution in [-0.2, 0) is 11.2 Å². The number of aryl methyl sites for hydroxylation is 1. The summed E-state index contributed by atoms with van der Waals surface area (Å²) in [5.41, 5.74) is 3.70. The molecule has 2 atom stereocenters. The molecule has 3 aliphatic heterocycles. The minimum Gasteiger partial charge on any atom is -0.496 e. The summed E-state index contributed by atoms with van der Waals surface area (Å²) in [6.45, 7) is 5.71. The summed E-state index contributed by atoms with van der Waals surface area (Å²) in [6.07, 6.45) is 4.69. The van der Waals surface area contributed by atoms with Crippen LogP contribution in [0.5, 0.6) is 17.2 Å². The zero-order valence-electron chi connectivity index (χ0n) is 17.6. The Hall–Kier alpha value is -2.74. The van der Waals surface area contributed by atoms with Gasteiger partial charge in [-0.15, -0.1) is 0 Å². The monoisotopic (exact) mass is 413 g/mol. The van der Waals surface area contributed by atoms with Crippen molar-refractivity contribution in [3.8, 4) is 17.2 Å². The van der Waals surface area contributed by atoms with E-state index in [1.54, 1.807) is 13.3 Å². The summed E-state index contributed by atoms with van der Waals surface area (Å²) in [4.78, 5) is 15.2. The van der Waals surface area contributed by atoms with Gasteiger partial charge in [-0.1, -0.05) is 0 Å². The molecule has 1 fully saturated rings. The van der Waals surface area contributed by atoms with Gasteiger partial charge in [0.25, 0.3) is 0 Å². The van der Waals surface area contributed by atoms with Crippen LogP contribution in [0.25, 0.3) is 0 Å². The van der Waals surface area contributed by atoms with Crippen molar-refractivity contribution in [1.82, 2.24) is 9.78 Å². The number of hydrogen-bond acceptors (Lipinski definition) is 7. The molecule has 2 aromatic rings. The summed E-state index contributed by atoms with van der Waals surface area (Å²) in [6, 6.07) is 2.02. The highest BCUT2D eigenvalue weighted by Crippen LogP contribution is 2.39. The Kier molecular flexibility index (Phi) is 4.81. The molecule has 2 unspecified atom stereocenters. The van der Waals surface area contributed by atoms with Gasteiger partial charge in [0.1, 0.15) is 23.8 Å².